The summed E-state index contributed by atoms with van der Waals surface area (Å²) in [6.45, 7) is 8.91. The van der Waals surface area contributed by atoms with Crippen molar-refractivity contribution in [2.24, 2.45) is 0 Å². The van der Waals surface area contributed by atoms with Gasteiger partial charge in [-0.2, -0.15) is 0 Å². The van der Waals surface area contributed by atoms with Gasteiger partial charge in [0.1, 0.15) is 0 Å². The molecule has 1 heterocycles. The fourth-order valence-corrected chi connectivity index (χ4v) is 2.53. The lowest BCUT2D eigenvalue weighted by Gasteiger charge is -2.27. The van der Waals surface area contributed by atoms with Gasteiger partial charge in [0.15, 0.2) is 0 Å². The molecule has 1 aromatic carbocycles. The Labute approximate surface area is 92.9 Å². The molecule has 0 saturated heterocycles. The number of benzene rings is 1. The maximum atomic E-state index is 3.52. The molecule has 0 fully saturated rings. The molecule has 0 radical (unpaired) electrons. The van der Waals surface area contributed by atoms with Gasteiger partial charge in [-0.1, -0.05) is 25.5 Å². The van der Waals surface area contributed by atoms with Gasteiger partial charge in [-0.3, -0.25) is 0 Å². The van der Waals surface area contributed by atoms with Gasteiger partial charge < -0.3 is 5.32 Å². The second-order valence-corrected chi connectivity index (χ2v) is 4.75. The molecule has 1 N–H and O–H groups in total. The van der Waals surface area contributed by atoms with Crippen LogP contribution >= 0.6 is 0 Å². The van der Waals surface area contributed by atoms with E-state index in [2.05, 4.69) is 38.2 Å². The van der Waals surface area contributed by atoms with E-state index in [0.717, 1.165) is 19.0 Å². The van der Waals surface area contributed by atoms with E-state index in [4.69, 9.17) is 0 Å². The lowest BCUT2D eigenvalue weighted by atomic mass is 9.85. The summed E-state index contributed by atoms with van der Waals surface area (Å²) in [7, 11) is 0. The zero-order chi connectivity index (χ0) is 10.8. The molecule has 0 saturated carbocycles. The molecule has 2 rings (SSSR count). The van der Waals surface area contributed by atoms with Gasteiger partial charge in [0.2, 0.25) is 0 Å². The van der Waals surface area contributed by atoms with E-state index in [0.29, 0.717) is 0 Å². The fraction of sp³-hybridized carbons (Fsp3) is 0.571. The summed E-state index contributed by atoms with van der Waals surface area (Å²) in [6.07, 6.45) is 2.58. The minimum Gasteiger partial charge on any atom is -0.312 e. The predicted octanol–water partition coefficient (Wildman–Crippen LogP) is 3.29. The summed E-state index contributed by atoms with van der Waals surface area (Å²) in [5.74, 6) is 0.734. The molecular weight excluding hydrogens is 182 g/mol. The SMILES string of the molecule is CCCC1CNCc2cc(C)c(C)cc21. The smallest absolute Gasteiger partial charge is 0.0208 e. The normalized spacial score (nSPS) is 20.1. The zero-order valence-corrected chi connectivity index (χ0v) is 10.1. The molecule has 15 heavy (non-hydrogen) atoms. The van der Waals surface area contributed by atoms with Gasteiger partial charge in [-0.15, -0.1) is 0 Å². The average molecular weight is 203 g/mol. The summed E-state index contributed by atoms with van der Waals surface area (Å²) >= 11 is 0. The quantitative estimate of drug-likeness (QED) is 0.777. The molecular formula is C14H21N. The van der Waals surface area contributed by atoms with Gasteiger partial charge in [-0.25, -0.2) is 0 Å². The van der Waals surface area contributed by atoms with Crippen molar-refractivity contribution in [1.82, 2.24) is 5.32 Å². The summed E-state index contributed by atoms with van der Waals surface area (Å²) in [4.78, 5) is 0. The third-order valence-corrected chi connectivity index (χ3v) is 3.54. The molecule has 0 spiro atoms. The lowest BCUT2D eigenvalue weighted by Crippen LogP contribution is -2.28. The van der Waals surface area contributed by atoms with E-state index in [1.807, 2.05) is 0 Å². The Morgan fingerprint density at radius 2 is 2.00 bits per heavy atom. The van der Waals surface area contributed by atoms with E-state index in [-0.39, 0.29) is 0 Å². The molecule has 1 heteroatoms. The Hall–Kier alpha value is -0.820. The second kappa shape index (κ2) is 4.36. The van der Waals surface area contributed by atoms with Gasteiger partial charge in [0.25, 0.3) is 0 Å². The highest BCUT2D eigenvalue weighted by Gasteiger charge is 2.19. The first-order chi connectivity index (χ1) is 7.22. The molecule has 1 unspecified atom stereocenters. The van der Waals surface area contributed by atoms with Gasteiger partial charge in [-0.05, 0) is 48.4 Å². The fourth-order valence-electron chi connectivity index (χ4n) is 2.53. The van der Waals surface area contributed by atoms with Crippen LogP contribution in [0, 0.1) is 13.8 Å². The van der Waals surface area contributed by atoms with Crippen molar-refractivity contribution in [1.29, 1.82) is 0 Å². The van der Waals surface area contributed by atoms with Crippen LogP contribution < -0.4 is 5.32 Å². The summed E-state index contributed by atoms with van der Waals surface area (Å²) in [6, 6.07) is 4.77. The van der Waals surface area contributed by atoms with Crippen LogP contribution in [0.25, 0.3) is 0 Å². The number of aryl methyl sites for hydroxylation is 2. The Kier molecular flexibility index (Phi) is 3.11. The number of hydrogen-bond acceptors (Lipinski definition) is 1. The first-order valence-electron chi connectivity index (χ1n) is 6.03. The molecule has 1 atom stereocenters. The molecule has 82 valence electrons. The predicted molar refractivity (Wildman–Crippen MR) is 65.3 cm³/mol. The third kappa shape index (κ3) is 2.07. The van der Waals surface area contributed by atoms with Crippen LogP contribution in [0.4, 0.5) is 0 Å². The topological polar surface area (TPSA) is 12.0 Å². The largest absolute Gasteiger partial charge is 0.312 e. The molecule has 1 aromatic rings. The van der Waals surface area contributed by atoms with Crippen LogP contribution in [-0.2, 0) is 6.54 Å². The van der Waals surface area contributed by atoms with E-state index in [9.17, 15) is 0 Å². The lowest BCUT2D eigenvalue weighted by molar-refractivity contribution is 0.509. The standard InChI is InChI=1S/C14H21N/c1-4-5-12-8-15-9-13-6-10(2)11(3)7-14(12)13/h6-7,12,15H,4-5,8-9H2,1-3H3. The summed E-state index contributed by atoms with van der Waals surface area (Å²) in [5.41, 5.74) is 5.98. The van der Waals surface area contributed by atoms with Crippen molar-refractivity contribution in [3.8, 4) is 0 Å². The van der Waals surface area contributed by atoms with Crippen molar-refractivity contribution in [3.05, 3.63) is 34.4 Å². The maximum Gasteiger partial charge on any atom is 0.0208 e. The van der Waals surface area contributed by atoms with Crippen LogP contribution in [-0.4, -0.2) is 6.54 Å². The number of hydrogen-bond donors (Lipinski definition) is 1. The third-order valence-electron chi connectivity index (χ3n) is 3.54. The Balaban J connectivity index is 2.38. The van der Waals surface area contributed by atoms with Crippen molar-refractivity contribution in [2.75, 3.05) is 6.54 Å². The van der Waals surface area contributed by atoms with E-state index in [1.165, 1.54) is 29.5 Å². The van der Waals surface area contributed by atoms with Crippen molar-refractivity contribution >= 4 is 0 Å². The average Bonchev–Trinajstić information content (AvgIpc) is 2.21. The molecule has 0 bridgehead atoms. The Morgan fingerprint density at radius 3 is 2.73 bits per heavy atom. The van der Waals surface area contributed by atoms with Gasteiger partial charge >= 0.3 is 0 Å². The first-order valence-corrected chi connectivity index (χ1v) is 6.03. The van der Waals surface area contributed by atoms with Crippen molar-refractivity contribution in [2.45, 2.75) is 46.1 Å². The minimum atomic E-state index is 0.734. The van der Waals surface area contributed by atoms with Gasteiger partial charge in [0.05, 0.1) is 0 Å². The van der Waals surface area contributed by atoms with Gasteiger partial charge in [0, 0.05) is 13.1 Å². The number of rotatable bonds is 2. The van der Waals surface area contributed by atoms with E-state index < -0.39 is 0 Å². The number of nitrogens with one attached hydrogen (secondary N) is 1. The maximum absolute atomic E-state index is 3.52. The van der Waals surface area contributed by atoms with E-state index in [1.54, 1.807) is 5.56 Å². The number of fused-ring (bicyclic) bond motifs is 1. The molecule has 1 aliphatic heterocycles. The highest BCUT2D eigenvalue weighted by molar-refractivity contribution is 5.40. The minimum absolute atomic E-state index is 0.734. The zero-order valence-electron chi connectivity index (χ0n) is 10.1. The Morgan fingerprint density at radius 1 is 1.27 bits per heavy atom. The molecule has 0 amide bonds. The summed E-state index contributed by atoms with van der Waals surface area (Å²) in [5, 5.41) is 3.52. The van der Waals surface area contributed by atoms with Crippen LogP contribution in [0.3, 0.4) is 0 Å². The van der Waals surface area contributed by atoms with Crippen LogP contribution in [0.15, 0.2) is 12.1 Å². The first kappa shape index (κ1) is 10.7. The van der Waals surface area contributed by atoms with Crippen LogP contribution in [0.5, 0.6) is 0 Å². The Bertz CT molecular complexity index is 355. The summed E-state index contributed by atoms with van der Waals surface area (Å²) < 4.78 is 0. The van der Waals surface area contributed by atoms with Crippen molar-refractivity contribution in [3.63, 3.8) is 0 Å². The molecule has 0 aliphatic carbocycles. The van der Waals surface area contributed by atoms with Crippen LogP contribution in [0.2, 0.25) is 0 Å². The van der Waals surface area contributed by atoms with E-state index >= 15 is 0 Å². The molecule has 1 aliphatic rings. The highest BCUT2D eigenvalue weighted by Crippen LogP contribution is 2.29. The monoisotopic (exact) mass is 203 g/mol. The van der Waals surface area contributed by atoms with Crippen LogP contribution in [0.1, 0.15) is 47.9 Å². The second-order valence-electron chi connectivity index (χ2n) is 4.75. The highest BCUT2D eigenvalue weighted by atomic mass is 14.9. The molecule has 1 nitrogen and oxygen atoms in total. The molecule has 0 aromatic heterocycles. The van der Waals surface area contributed by atoms with Crippen molar-refractivity contribution < 1.29 is 0 Å².